The van der Waals surface area contributed by atoms with Crippen LogP contribution in [0, 0.1) is 0 Å². The predicted molar refractivity (Wildman–Crippen MR) is 88.4 cm³/mol. The van der Waals surface area contributed by atoms with Crippen LogP contribution in [0.15, 0.2) is 48.7 Å². The summed E-state index contributed by atoms with van der Waals surface area (Å²) in [6.45, 7) is 2.91. The molecule has 1 aliphatic rings. The number of hydrogen-bond donors (Lipinski definition) is 1. The van der Waals surface area contributed by atoms with Gasteiger partial charge in [-0.05, 0) is 24.3 Å². The number of nitrogens with one attached hydrogen (secondary N) is 1. The highest BCUT2D eigenvalue weighted by Crippen LogP contribution is 2.18. The van der Waals surface area contributed by atoms with E-state index in [1.54, 1.807) is 6.20 Å². The second kappa shape index (κ2) is 5.72. The molecule has 0 saturated carbocycles. The number of nitrogens with zero attached hydrogens (tertiary/aromatic N) is 4. The molecular formula is C17H17N5O. The molecule has 0 aliphatic carbocycles. The lowest BCUT2D eigenvalue weighted by Gasteiger charge is -2.34. The van der Waals surface area contributed by atoms with Crippen molar-refractivity contribution in [1.82, 2.24) is 20.1 Å². The van der Waals surface area contributed by atoms with Gasteiger partial charge in [-0.15, -0.1) is 5.10 Å². The summed E-state index contributed by atoms with van der Waals surface area (Å²) in [6, 6.07) is 13.7. The highest BCUT2D eigenvalue weighted by Gasteiger charge is 2.23. The largest absolute Gasteiger partial charge is 0.352 e. The number of benzene rings is 1. The zero-order chi connectivity index (χ0) is 15.6. The second-order valence-electron chi connectivity index (χ2n) is 5.63. The van der Waals surface area contributed by atoms with Crippen LogP contribution in [0.25, 0.3) is 10.9 Å². The Hall–Kier alpha value is -2.89. The summed E-state index contributed by atoms with van der Waals surface area (Å²) in [5.74, 6) is 0.921. The summed E-state index contributed by atoms with van der Waals surface area (Å²) in [5, 5.41) is 9.10. The molecule has 0 spiro atoms. The number of amides is 1. The summed E-state index contributed by atoms with van der Waals surface area (Å²) < 4.78 is 0. The highest BCUT2D eigenvalue weighted by molar-refractivity contribution is 5.98. The van der Waals surface area contributed by atoms with Crippen molar-refractivity contribution in [3.63, 3.8) is 0 Å². The first-order chi connectivity index (χ1) is 11.3. The summed E-state index contributed by atoms with van der Waals surface area (Å²) >= 11 is 0. The van der Waals surface area contributed by atoms with Crippen molar-refractivity contribution in [2.75, 3.05) is 31.1 Å². The van der Waals surface area contributed by atoms with Gasteiger partial charge in [-0.2, -0.15) is 5.10 Å². The van der Waals surface area contributed by atoms with Gasteiger partial charge in [-0.25, -0.2) is 0 Å². The molecule has 6 heteroatoms. The van der Waals surface area contributed by atoms with Gasteiger partial charge in [0.25, 0.3) is 5.91 Å². The molecule has 0 radical (unpaired) electrons. The van der Waals surface area contributed by atoms with Crippen molar-refractivity contribution in [1.29, 1.82) is 0 Å². The first-order valence-corrected chi connectivity index (χ1v) is 7.71. The fourth-order valence-electron chi connectivity index (χ4n) is 2.96. The average molecular weight is 307 g/mol. The van der Waals surface area contributed by atoms with Gasteiger partial charge >= 0.3 is 0 Å². The molecule has 3 aromatic rings. The molecule has 1 N–H and O–H groups in total. The van der Waals surface area contributed by atoms with E-state index in [4.69, 9.17) is 0 Å². The lowest BCUT2D eigenvalue weighted by Crippen LogP contribution is -2.49. The van der Waals surface area contributed by atoms with Crippen LogP contribution in [0.4, 0.5) is 5.82 Å². The topological polar surface area (TPSA) is 65.1 Å². The Morgan fingerprint density at radius 2 is 1.87 bits per heavy atom. The van der Waals surface area contributed by atoms with Gasteiger partial charge in [0.1, 0.15) is 5.69 Å². The number of aromatic nitrogens is 3. The minimum Gasteiger partial charge on any atom is -0.352 e. The molecule has 23 heavy (non-hydrogen) atoms. The Morgan fingerprint density at radius 1 is 1.04 bits per heavy atom. The normalized spacial score (nSPS) is 15.1. The Kier molecular flexibility index (Phi) is 3.42. The maximum absolute atomic E-state index is 12.7. The summed E-state index contributed by atoms with van der Waals surface area (Å²) in [5.41, 5.74) is 1.65. The third-order valence-corrected chi connectivity index (χ3v) is 4.21. The van der Waals surface area contributed by atoms with Crippen molar-refractivity contribution < 1.29 is 4.79 Å². The molecule has 1 saturated heterocycles. The molecule has 0 atom stereocenters. The number of carbonyl (C=O) groups is 1. The van der Waals surface area contributed by atoms with E-state index < -0.39 is 0 Å². The third kappa shape index (κ3) is 2.63. The minimum absolute atomic E-state index is 0.0556. The number of fused-ring (bicyclic) bond motifs is 1. The lowest BCUT2D eigenvalue weighted by atomic mass is 10.2. The highest BCUT2D eigenvalue weighted by atomic mass is 16.2. The Morgan fingerprint density at radius 3 is 2.61 bits per heavy atom. The van der Waals surface area contributed by atoms with E-state index in [0.717, 1.165) is 29.8 Å². The molecule has 6 nitrogen and oxygen atoms in total. The van der Waals surface area contributed by atoms with Gasteiger partial charge < -0.3 is 14.8 Å². The van der Waals surface area contributed by atoms with Crippen LogP contribution in [-0.4, -0.2) is 52.2 Å². The van der Waals surface area contributed by atoms with E-state index >= 15 is 0 Å². The van der Waals surface area contributed by atoms with Gasteiger partial charge in [0, 0.05) is 43.3 Å². The van der Waals surface area contributed by atoms with E-state index in [0.29, 0.717) is 18.8 Å². The first-order valence-electron chi connectivity index (χ1n) is 7.71. The number of H-pyrrole nitrogens is 1. The van der Waals surface area contributed by atoms with Crippen molar-refractivity contribution in [2.24, 2.45) is 0 Å². The van der Waals surface area contributed by atoms with Crippen LogP contribution in [0.1, 0.15) is 10.5 Å². The van der Waals surface area contributed by atoms with Gasteiger partial charge in [-0.1, -0.05) is 18.2 Å². The zero-order valence-electron chi connectivity index (χ0n) is 12.6. The molecule has 116 valence electrons. The molecule has 4 rings (SSSR count). The number of para-hydroxylation sites is 1. The molecule has 1 amide bonds. The number of anilines is 1. The van der Waals surface area contributed by atoms with Gasteiger partial charge in [-0.3, -0.25) is 4.79 Å². The quantitative estimate of drug-likeness (QED) is 0.785. The van der Waals surface area contributed by atoms with Crippen LogP contribution in [0.5, 0.6) is 0 Å². The summed E-state index contributed by atoms with van der Waals surface area (Å²) in [6.07, 6.45) is 1.67. The van der Waals surface area contributed by atoms with Crippen LogP contribution in [-0.2, 0) is 0 Å². The van der Waals surface area contributed by atoms with Crippen LogP contribution >= 0.6 is 0 Å². The first kappa shape index (κ1) is 13.8. The molecule has 1 aliphatic heterocycles. The minimum atomic E-state index is 0.0556. The van der Waals surface area contributed by atoms with Gasteiger partial charge in [0.15, 0.2) is 5.82 Å². The Bertz CT molecular complexity index is 788. The molecule has 0 bridgehead atoms. The van der Waals surface area contributed by atoms with Gasteiger partial charge in [0.2, 0.25) is 0 Å². The molecule has 1 fully saturated rings. The Balaban J connectivity index is 1.46. The maximum Gasteiger partial charge on any atom is 0.270 e. The van der Waals surface area contributed by atoms with Crippen molar-refractivity contribution in [3.8, 4) is 0 Å². The summed E-state index contributed by atoms with van der Waals surface area (Å²) in [7, 11) is 0. The molecule has 1 aromatic carbocycles. The SMILES string of the molecule is O=C(c1cc2ccccc2[nH]1)N1CCN(c2cccnn2)CC1. The number of hydrogen-bond acceptors (Lipinski definition) is 4. The van der Waals surface area contributed by atoms with E-state index in [1.807, 2.05) is 47.4 Å². The zero-order valence-corrected chi connectivity index (χ0v) is 12.6. The number of carbonyl (C=O) groups excluding carboxylic acids is 1. The van der Waals surface area contributed by atoms with Crippen LogP contribution in [0.3, 0.4) is 0 Å². The van der Waals surface area contributed by atoms with E-state index in [1.165, 1.54) is 0 Å². The van der Waals surface area contributed by atoms with Crippen LogP contribution < -0.4 is 4.90 Å². The molecule has 0 unspecified atom stereocenters. The molecule has 3 heterocycles. The second-order valence-corrected chi connectivity index (χ2v) is 5.63. The van der Waals surface area contributed by atoms with Crippen molar-refractivity contribution in [3.05, 3.63) is 54.4 Å². The van der Waals surface area contributed by atoms with E-state index in [9.17, 15) is 4.79 Å². The number of piperazine rings is 1. The monoisotopic (exact) mass is 307 g/mol. The fraction of sp³-hybridized carbons (Fsp3) is 0.235. The Labute approximate surface area is 133 Å². The summed E-state index contributed by atoms with van der Waals surface area (Å²) in [4.78, 5) is 19.9. The predicted octanol–water partition coefficient (Wildman–Crippen LogP) is 1.92. The maximum atomic E-state index is 12.7. The van der Waals surface area contributed by atoms with E-state index in [2.05, 4.69) is 20.1 Å². The smallest absolute Gasteiger partial charge is 0.270 e. The van der Waals surface area contributed by atoms with Crippen molar-refractivity contribution in [2.45, 2.75) is 0 Å². The lowest BCUT2D eigenvalue weighted by molar-refractivity contribution is 0.0741. The third-order valence-electron chi connectivity index (χ3n) is 4.21. The van der Waals surface area contributed by atoms with Gasteiger partial charge in [0.05, 0.1) is 0 Å². The standard InChI is InChI=1S/C17H17N5O/c23-17(15-12-13-4-1-2-5-14(13)19-15)22-10-8-21(9-11-22)16-6-3-7-18-20-16/h1-7,12,19H,8-11H2. The van der Waals surface area contributed by atoms with E-state index in [-0.39, 0.29) is 5.91 Å². The van der Waals surface area contributed by atoms with Crippen LogP contribution in [0.2, 0.25) is 0 Å². The molecular weight excluding hydrogens is 290 g/mol. The van der Waals surface area contributed by atoms with Crippen molar-refractivity contribution >= 4 is 22.6 Å². The number of aromatic amines is 1. The number of rotatable bonds is 2. The fourth-order valence-corrected chi connectivity index (χ4v) is 2.96. The average Bonchev–Trinajstić information content (AvgIpc) is 3.06. The molecule has 2 aromatic heterocycles.